The highest BCUT2D eigenvalue weighted by molar-refractivity contribution is 5.81. The van der Waals surface area contributed by atoms with Crippen molar-refractivity contribution in [3.05, 3.63) is 30.3 Å². The lowest BCUT2D eigenvalue weighted by atomic mass is 9.98. The van der Waals surface area contributed by atoms with Crippen molar-refractivity contribution in [3.8, 4) is 5.75 Å². The molecule has 134 valence electrons. The van der Waals surface area contributed by atoms with Gasteiger partial charge in [-0.3, -0.25) is 4.79 Å². The summed E-state index contributed by atoms with van der Waals surface area (Å²) in [5.74, 6) is 0.759. The van der Waals surface area contributed by atoms with Crippen LogP contribution in [0.3, 0.4) is 0 Å². The van der Waals surface area contributed by atoms with Crippen LogP contribution < -0.4 is 10.1 Å². The third kappa shape index (κ3) is 7.37. The predicted octanol–water partition coefficient (Wildman–Crippen LogP) is 5.24. The average Bonchev–Trinajstić information content (AvgIpc) is 2.58. The highest BCUT2D eigenvalue weighted by Gasteiger charge is 2.19. The maximum atomic E-state index is 12.5. The van der Waals surface area contributed by atoms with Crippen LogP contribution in [-0.4, -0.2) is 18.1 Å². The molecule has 3 nitrogen and oxygen atoms in total. The summed E-state index contributed by atoms with van der Waals surface area (Å²) in [5.41, 5.74) is 0. The normalized spacial score (nSPS) is 19.5. The molecule has 1 fully saturated rings. The van der Waals surface area contributed by atoms with Gasteiger partial charge in [-0.2, -0.15) is 0 Å². The van der Waals surface area contributed by atoms with Crippen molar-refractivity contribution in [3.63, 3.8) is 0 Å². The van der Waals surface area contributed by atoms with Crippen LogP contribution in [0.25, 0.3) is 0 Å². The molecule has 0 unspecified atom stereocenters. The van der Waals surface area contributed by atoms with Gasteiger partial charge in [0.2, 0.25) is 0 Å². The molecule has 0 aromatic heterocycles. The maximum Gasteiger partial charge on any atom is 0.260 e. The summed E-state index contributed by atoms with van der Waals surface area (Å²) in [5, 5.41) is 3.23. The summed E-state index contributed by atoms with van der Waals surface area (Å²) >= 11 is 0. The van der Waals surface area contributed by atoms with E-state index in [0.29, 0.717) is 6.04 Å². The van der Waals surface area contributed by atoms with Gasteiger partial charge in [-0.25, -0.2) is 0 Å². The van der Waals surface area contributed by atoms with Crippen molar-refractivity contribution in [2.45, 2.75) is 89.7 Å². The molecule has 1 saturated carbocycles. The second-order valence-electron chi connectivity index (χ2n) is 7.04. The largest absolute Gasteiger partial charge is 0.481 e. The average molecular weight is 332 g/mol. The van der Waals surface area contributed by atoms with Crippen molar-refractivity contribution in [1.29, 1.82) is 0 Å². The fourth-order valence-corrected chi connectivity index (χ4v) is 3.38. The lowest BCUT2D eigenvalue weighted by Gasteiger charge is -2.22. The van der Waals surface area contributed by atoms with E-state index in [1.807, 2.05) is 37.3 Å². The Hall–Kier alpha value is -1.51. The molecule has 1 aromatic carbocycles. The molecule has 2 rings (SSSR count). The number of rotatable bonds is 4. The van der Waals surface area contributed by atoms with Crippen molar-refractivity contribution < 1.29 is 9.53 Å². The van der Waals surface area contributed by atoms with Crippen LogP contribution in [0.5, 0.6) is 5.75 Å². The highest BCUT2D eigenvalue weighted by Crippen LogP contribution is 2.17. The van der Waals surface area contributed by atoms with Gasteiger partial charge in [0.15, 0.2) is 6.10 Å². The molecule has 0 saturated heterocycles. The number of benzene rings is 1. The highest BCUT2D eigenvalue weighted by atomic mass is 16.5. The third-order valence-corrected chi connectivity index (χ3v) is 4.88. The van der Waals surface area contributed by atoms with E-state index in [1.165, 1.54) is 57.8 Å². The van der Waals surface area contributed by atoms with E-state index < -0.39 is 6.10 Å². The first-order valence-electron chi connectivity index (χ1n) is 9.78. The molecular formula is C21H33NO2. The minimum Gasteiger partial charge on any atom is -0.481 e. The lowest BCUT2D eigenvalue weighted by Crippen LogP contribution is -2.42. The second kappa shape index (κ2) is 11.1. The zero-order valence-electron chi connectivity index (χ0n) is 15.1. The molecule has 0 heterocycles. The molecule has 0 aliphatic heterocycles. The van der Waals surface area contributed by atoms with Gasteiger partial charge in [0.25, 0.3) is 5.91 Å². The zero-order chi connectivity index (χ0) is 17.0. The van der Waals surface area contributed by atoms with E-state index in [9.17, 15) is 4.79 Å². The van der Waals surface area contributed by atoms with Crippen molar-refractivity contribution in [2.24, 2.45) is 0 Å². The Morgan fingerprint density at radius 3 is 1.96 bits per heavy atom. The van der Waals surface area contributed by atoms with Crippen LogP contribution in [0, 0.1) is 0 Å². The fraction of sp³-hybridized carbons (Fsp3) is 0.667. The Balaban J connectivity index is 1.79. The van der Waals surface area contributed by atoms with Crippen molar-refractivity contribution >= 4 is 5.91 Å². The van der Waals surface area contributed by atoms with Crippen LogP contribution in [0.2, 0.25) is 0 Å². The van der Waals surface area contributed by atoms with E-state index in [2.05, 4.69) is 5.32 Å². The monoisotopic (exact) mass is 331 g/mol. The van der Waals surface area contributed by atoms with E-state index in [1.54, 1.807) is 0 Å². The minimum absolute atomic E-state index is 0.0101. The Kier molecular flexibility index (Phi) is 8.72. The Bertz CT molecular complexity index is 448. The number of ether oxygens (including phenoxy) is 1. The smallest absolute Gasteiger partial charge is 0.260 e. The molecule has 24 heavy (non-hydrogen) atoms. The molecule has 1 amide bonds. The van der Waals surface area contributed by atoms with Gasteiger partial charge in [0.1, 0.15) is 5.75 Å². The van der Waals surface area contributed by atoms with E-state index in [0.717, 1.165) is 18.6 Å². The van der Waals surface area contributed by atoms with Gasteiger partial charge in [0, 0.05) is 6.04 Å². The number of carbonyl (C=O) groups excluding carboxylic acids is 1. The van der Waals surface area contributed by atoms with E-state index in [-0.39, 0.29) is 5.91 Å². The quantitative estimate of drug-likeness (QED) is 0.819. The van der Waals surface area contributed by atoms with Crippen LogP contribution in [-0.2, 0) is 4.79 Å². The first-order valence-corrected chi connectivity index (χ1v) is 9.78. The predicted molar refractivity (Wildman–Crippen MR) is 99.2 cm³/mol. The Morgan fingerprint density at radius 2 is 1.42 bits per heavy atom. The zero-order valence-corrected chi connectivity index (χ0v) is 15.1. The number of para-hydroxylation sites is 1. The van der Waals surface area contributed by atoms with Crippen LogP contribution in [0.1, 0.15) is 77.6 Å². The fourth-order valence-electron chi connectivity index (χ4n) is 3.38. The topological polar surface area (TPSA) is 38.3 Å². The molecule has 0 spiro atoms. The summed E-state index contributed by atoms with van der Waals surface area (Å²) in [6.07, 6.45) is 13.6. The first kappa shape index (κ1) is 18.8. The maximum absolute atomic E-state index is 12.5. The molecule has 3 heteroatoms. The number of carbonyl (C=O) groups is 1. The molecule has 1 N–H and O–H groups in total. The number of hydrogen-bond donors (Lipinski definition) is 1. The summed E-state index contributed by atoms with van der Waals surface area (Å²) in [6.45, 7) is 1.83. The first-order chi connectivity index (χ1) is 11.8. The number of amides is 1. The van der Waals surface area contributed by atoms with Crippen molar-refractivity contribution in [1.82, 2.24) is 5.32 Å². The van der Waals surface area contributed by atoms with Crippen molar-refractivity contribution in [2.75, 3.05) is 0 Å². The number of nitrogens with one attached hydrogen (secondary N) is 1. The molecule has 1 aromatic rings. The van der Waals surface area contributed by atoms with E-state index in [4.69, 9.17) is 4.74 Å². The van der Waals surface area contributed by atoms with Crippen LogP contribution in [0.4, 0.5) is 0 Å². The van der Waals surface area contributed by atoms with Gasteiger partial charge in [-0.15, -0.1) is 0 Å². The summed E-state index contributed by atoms with van der Waals surface area (Å²) in [4.78, 5) is 12.5. The molecule has 1 atom stereocenters. The van der Waals surface area contributed by atoms with Gasteiger partial charge in [-0.05, 0) is 31.9 Å². The van der Waals surface area contributed by atoms with Crippen LogP contribution in [0.15, 0.2) is 30.3 Å². The van der Waals surface area contributed by atoms with Gasteiger partial charge >= 0.3 is 0 Å². The van der Waals surface area contributed by atoms with Gasteiger partial charge < -0.3 is 10.1 Å². The summed E-state index contributed by atoms with van der Waals surface area (Å²) in [7, 11) is 0. The SMILES string of the molecule is C[C@H](Oc1ccccc1)C(=O)NC1CCCCCCCCCCC1. The minimum atomic E-state index is -0.450. The molecular weight excluding hydrogens is 298 g/mol. The van der Waals surface area contributed by atoms with Crippen LogP contribution >= 0.6 is 0 Å². The summed E-state index contributed by atoms with van der Waals surface area (Å²) in [6, 6.07) is 9.88. The van der Waals surface area contributed by atoms with Gasteiger partial charge in [-0.1, -0.05) is 76.0 Å². The number of hydrogen-bond acceptors (Lipinski definition) is 2. The molecule has 0 bridgehead atoms. The molecule has 1 aliphatic rings. The van der Waals surface area contributed by atoms with E-state index >= 15 is 0 Å². The molecule has 0 radical (unpaired) electrons. The lowest BCUT2D eigenvalue weighted by molar-refractivity contribution is -0.128. The second-order valence-corrected chi connectivity index (χ2v) is 7.04. The van der Waals surface area contributed by atoms with Gasteiger partial charge in [0.05, 0.1) is 0 Å². The standard InChI is InChI=1S/C21H33NO2/c1-18(24-20-16-12-9-13-17-20)21(23)22-19-14-10-7-5-3-2-4-6-8-11-15-19/h9,12-13,16-19H,2-8,10-11,14-15H2,1H3,(H,22,23)/t18-/m0/s1. The summed E-state index contributed by atoms with van der Waals surface area (Å²) < 4.78 is 5.74. The Morgan fingerprint density at radius 1 is 0.917 bits per heavy atom. The third-order valence-electron chi connectivity index (χ3n) is 4.88. The molecule has 1 aliphatic carbocycles. The Labute approximate surface area is 147 Å².